The van der Waals surface area contributed by atoms with E-state index in [1.54, 1.807) is 43.5 Å². The van der Waals surface area contributed by atoms with Gasteiger partial charge in [0.1, 0.15) is 23.1 Å². The summed E-state index contributed by atoms with van der Waals surface area (Å²) >= 11 is 0. The Balaban J connectivity index is 0.000000186. The van der Waals surface area contributed by atoms with Gasteiger partial charge in [-0.25, -0.2) is 8.78 Å². The molecule has 0 saturated heterocycles. The normalized spacial score (nSPS) is 10.0. The van der Waals surface area contributed by atoms with E-state index in [1.165, 1.54) is 60.7 Å². The molecule has 4 nitrogen and oxygen atoms in total. The van der Waals surface area contributed by atoms with Crippen molar-refractivity contribution in [1.82, 2.24) is 0 Å². The summed E-state index contributed by atoms with van der Waals surface area (Å²) in [5.74, 6) is -0.544. The first-order chi connectivity index (χ1) is 15.9. The Morgan fingerprint density at radius 3 is 1.45 bits per heavy atom. The van der Waals surface area contributed by atoms with Gasteiger partial charge < -0.3 is 9.84 Å². The van der Waals surface area contributed by atoms with Crippen LogP contribution in [0.2, 0.25) is 0 Å². The summed E-state index contributed by atoms with van der Waals surface area (Å²) in [7, 11) is 1.56. The molecule has 0 aliphatic carbocycles. The molecule has 0 atom stereocenters. The summed E-state index contributed by atoms with van der Waals surface area (Å²) in [6, 6.07) is 23.7. The van der Waals surface area contributed by atoms with Gasteiger partial charge in [-0.1, -0.05) is 24.3 Å². The third-order valence-electron chi connectivity index (χ3n) is 4.66. The summed E-state index contributed by atoms with van der Waals surface area (Å²) < 4.78 is 30.9. The van der Waals surface area contributed by atoms with Crippen LogP contribution in [0, 0.1) is 11.6 Å². The van der Waals surface area contributed by atoms with Crippen LogP contribution in [0.4, 0.5) is 8.78 Å². The van der Waals surface area contributed by atoms with Crippen LogP contribution in [0.5, 0.6) is 11.5 Å². The second-order valence-electron chi connectivity index (χ2n) is 6.95. The minimum Gasteiger partial charge on any atom is -0.508 e. The highest BCUT2D eigenvalue weighted by Gasteiger charge is 2.10. The minimum atomic E-state index is -0.440. The van der Waals surface area contributed by atoms with E-state index in [2.05, 4.69) is 0 Å². The van der Waals surface area contributed by atoms with E-state index < -0.39 is 11.6 Å². The molecule has 0 spiro atoms. The Hall–Kier alpha value is -4.32. The Labute approximate surface area is 189 Å². The molecule has 0 heterocycles. The van der Waals surface area contributed by atoms with Gasteiger partial charge in [0.05, 0.1) is 7.11 Å². The average Bonchev–Trinajstić information content (AvgIpc) is 2.84. The number of ketones is 2. The number of aromatic hydroxyl groups is 1. The van der Waals surface area contributed by atoms with E-state index in [4.69, 9.17) is 9.84 Å². The zero-order valence-corrected chi connectivity index (χ0v) is 17.7. The summed E-state index contributed by atoms with van der Waals surface area (Å²) in [5.41, 5.74) is 1.57. The Bertz CT molecular complexity index is 1250. The molecule has 33 heavy (non-hydrogen) atoms. The fourth-order valence-electron chi connectivity index (χ4n) is 2.95. The van der Waals surface area contributed by atoms with Crippen LogP contribution < -0.4 is 4.74 Å². The number of rotatable bonds is 5. The lowest BCUT2D eigenvalue weighted by molar-refractivity contribution is 0.103. The molecule has 4 rings (SSSR count). The molecule has 166 valence electrons. The van der Waals surface area contributed by atoms with Crippen LogP contribution in [-0.4, -0.2) is 23.8 Å². The van der Waals surface area contributed by atoms with E-state index >= 15 is 0 Å². The number of phenols is 1. The molecule has 4 aromatic rings. The van der Waals surface area contributed by atoms with Crippen LogP contribution in [-0.2, 0) is 0 Å². The standard InChI is InChI=1S/C14H11FO2.C13H9FO2/c1-17-13-7-5-10(6-8-13)14(16)11-3-2-4-12(15)9-11;14-11-3-1-2-10(8-11)13(16)9-4-6-12(15)7-5-9/h2-9H,1H3;1-8,15H. The number of carbonyl (C=O) groups is 2. The van der Waals surface area contributed by atoms with Crippen molar-refractivity contribution in [3.8, 4) is 11.5 Å². The Morgan fingerprint density at radius 2 is 1.06 bits per heavy atom. The van der Waals surface area contributed by atoms with Gasteiger partial charge >= 0.3 is 0 Å². The monoisotopic (exact) mass is 446 g/mol. The maximum Gasteiger partial charge on any atom is 0.193 e. The van der Waals surface area contributed by atoms with Gasteiger partial charge in [0.25, 0.3) is 0 Å². The van der Waals surface area contributed by atoms with Crippen LogP contribution in [0.3, 0.4) is 0 Å². The summed E-state index contributed by atoms with van der Waals surface area (Å²) in [6.45, 7) is 0. The highest BCUT2D eigenvalue weighted by molar-refractivity contribution is 6.09. The smallest absolute Gasteiger partial charge is 0.193 e. The van der Waals surface area contributed by atoms with Gasteiger partial charge in [0.2, 0.25) is 0 Å². The topological polar surface area (TPSA) is 63.6 Å². The number of ether oxygens (including phenoxy) is 1. The first kappa shape index (κ1) is 23.3. The van der Waals surface area contributed by atoms with Gasteiger partial charge in [0.15, 0.2) is 11.6 Å². The maximum absolute atomic E-state index is 13.0. The van der Waals surface area contributed by atoms with Crippen LogP contribution in [0.15, 0.2) is 97.1 Å². The molecular formula is C27H20F2O4. The number of hydrogen-bond donors (Lipinski definition) is 1. The molecule has 0 aromatic heterocycles. The van der Waals surface area contributed by atoms with Crippen molar-refractivity contribution in [2.24, 2.45) is 0 Å². The lowest BCUT2D eigenvalue weighted by atomic mass is 10.0. The third-order valence-corrected chi connectivity index (χ3v) is 4.66. The molecule has 1 N–H and O–H groups in total. The second kappa shape index (κ2) is 10.8. The lowest BCUT2D eigenvalue weighted by Gasteiger charge is -2.03. The Kier molecular flexibility index (Phi) is 7.65. The van der Waals surface area contributed by atoms with Crippen molar-refractivity contribution >= 4 is 11.6 Å². The predicted octanol–water partition coefficient (Wildman–Crippen LogP) is 5.83. The van der Waals surface area contributed by atoms with Crippen LogP contribution >= 0.6 is 0 Å². The zero-order chi connectivity index (χ0) is 23.8. The SMILES string of the molecule is COc1ccc(C(=O)c2cccc(F)c2)cc1.O=C(c1ccc(O)cc1)c1cccc(F)c1. The second-order valence-corrected chi connectivity index (χ2v) is 6.95. The Morgan fingerprint density at radius 1 is 0.636 bits per heavy atom. The molecule has 0 aliphatic rings. The molecule has 6 heteroatoms. The fraction of sp³-hybridized carbons (Fsp3) is 0.0370. The van der Waals surface area contributed by atoms with Crippen molar-refractivity contribution in [1.29, 1.82) is 0 Å². The minimum absolute atomic E-state index is 0.0933. The summed E-state index contributed by atoms with van der Waals surface area (Å²) in [5, 5.41) is 9.08. The first-order valence-electron chi connectivity index (χ1n) is 9.91. The van der Waals surface area contributed by atoms with Gasteiger partial charge in [-0.15, -0.1) is 0 Å². The molecule has 0 aliphatic heterocycles. The molecule has 0 amide bonds. The van der Waals surface area contributed by atoms with E-state index in [-0.39, 0.29) is 17.3 Å². The molecule has 0 radical (unpaired) electrons. The molecule has 4 aromatic carbocycles. The van der Waals surface area contributed by atoms with E-state index in [1.807, 2.05) is 0 Å². The van der Waals surface area contributed by atoms with Gasteiger partial charge in [0, 0.05) is 22.3 Å². The lowest BCUT2D eigenvalue weighted by Crippen LogP contribution is -2.01. The molecular weight excluding hydrogens is 426 g/mol. The van der Waals surface area contributed by atoms with Crippen LogP contribution in [0.1, 0.15) is 31.8 Å². The number of carbonyl (C=O) groups excluding carboxylic acids is 2. The number of benzene rings is 4. The number of phenolic OH excluding ortho intramolecular Hbond substituents is 1. The summed E-state index contributed by atoms with van der Waals surface area (Å²) in [4.78, 5) is 23.9. The molecule has 0 unspecified atom stereocenters. The number of halogens is 2. The van der Waals surface area contributed by atoms with Crippen LogP contribution in [0.25, 0.3) is 0 Å². The molecule has 0 bridgehead atoms. The van der Waals surface area contributed by atoms with Crippen molar-refractivity contribution in [3.63, 3.8) is 0 Å². The molecule has 0 fully saturated rings. The fourth-order valence-corrected chi connectivity index (χ4v) is 2.95. The first-order valence-corrected chi connectivity index (χ1v) is 9.91. The van der Waals surface area contributed by atoms with E-state index in [9.17, 15) is 18.4 Å². The van der Waals surface area contributed by atoms with Gasteiger partial charge in [-0.2, -0.15) is 0 Å². The maximum atomic E-state index is 13.0. The highest BCUT2D eigenvalue weighted by atomic mass is 19.1. The zero-order valence-electron chi connectivity index (χ0n) is 17.7. The highest BCUT2D eigenvalue weighted by Crippen LogP contribution is 2.16. The molecule has 0 saturated carbocycles. The van der Waals surface area contributed by atoms with Gasteiger partial charge in [-0.3, -0.25) is 9.59 Å². The van der Waals surface area contributed by atoms with Crippen molar-refractivity contribution in [3.05, 3.63) is 131 Å². The number of methoxy groups -OCH3 is 1. The van der Waals surface area contributed by atoms with Crippen molar-refractivity contribution in [2.45, 2.75) is 0 Å². The van der Waals surface area contributed by atoms with E-state index in [0.717, 1.165) is 0 Å². The quantitative estimate of drug-likeness (QED) is 0.392. The average molecular weight is 446 g/mol. The summed E-state index contributed by atoms with van der Waals surface area (Å²) in [6.07, 6.45) is 0. The van der Waals surface area contributed by atoms with Gasteiger partial charge in [-0.05, 0) is 72.8 Å². The third kappa shape index (κ3) is 6.33. The largest absolute Gasteiger partial charge is 0.508 e. The number of hydrogen-bond acceptors (Lipinski definition) is 4. The predicted molar refractivity (Wildman–Crippen MR) is 121 cm³/mol. The van der Waals surface area contributed by atoms with Crippen molar-refractivity contribution < 1.29 is 28.2 Å². The van der Waals surface area contributed by atoms with E-state index in [0.29, 0.717) is 28.0 Å². The van der Waals surface area contributed by atoms with Crippen molar-refractivity contribution in [2.75, 3.05) is 7.11 Å².